The lowest BCUT2D eigenvalue weighted by Gasteiger charge is -2.16. The smallest absolute Gasteiger partial charge is 0.239 e. The molecular formula is C11H16N2O3. The van der Waals surface area contributed by atoms with Crippen molar-refractivity contribution < 1.29 is 15.0 Å². The van der Waals surface area contributed by atoms with Gasteiger partial charge in [-0.25, -0.2) is 0 Å². The highest BCUT2D eigenvalue weighted by atomic mass is 16.3. The first kappa shape index (κ1) is 12.3. The van der Waals surface area contributed by atoms with E-state index in [0.717, 1.165) is 0 Å². The minimum Gasteiger partial charge on any atom is -0.504 e. The van der Waals surface area contributed by atoms with Gasteiger partial charge in [0.1, 0.15) is 0 Å². The summed E-state index contributed by atoms with van der Waals surface area (Å²) < 4.78 is 0. The lowest BCUT2D eigenvalue weighted by atomic mass is 10.1. The number of hydrogen-bond acceptors (Lipinski definition) is 4. The van der Waals surface area contributed by atoms with E-state index in [-0.39, 0.29) is 17.4 Å². The summed E-state index contributed by atoms with van der Waals surface area (Å²) in [4.78, 5) is 12.9. The molecule has 0 spiro atoms. The van der Waals surface area contributed by atoms with Gasteiger partial charge in [-0.2, -0.15) is 0 Å². The Hall–Kier alpha value is -1.75. The standard InChI is InChI=1S/C11H16N2O3/c1-13(2)11(16)8(12)5-7-3-4-9(14)10(15)6-7/h3-4,6,8,14-15H,5,12H2,1-2H3/t8-/m0/s1. The van der Waals surface area contributed by atoms with Crippen molar-refractivity contribution in [1.82, 2.24) is 4.90 Å². The molecule has 1 rings (SSSR count). The zero-order chi connectivity index (χ0) is 12.3. The van der Waals surface area contributed by atoms with E-state index in [4.69, 9.17) is 10.8 Å². The maximum Gasteiger partial charge on any atom is 0.239 e. The van der Waals surface area contributed by atoms with Crippen molar-refractivity contribution >= 4 is 5.91 Å². The summed E-state index contributed by atoms with van der Waals surface area (Å²) in [5.74, 6) is -0.564. The molecule has 0 saturated heterocycles. The van der Waals surface area contributed by atoms with E-state index < -0.39 is 6.04 Å². The van der Waals surface area contributed by atoms with E-state index in [1.54, 1.807) is 20.2 Å². The quantitative estimate of drug-likeness (QED) is 0.633. The molecule has 0 saturated carbocycles. The van der Waals surface area contributed by atoms with Crippen LogP contribution in [0.15, 0.2) is 18.2 Å². The van der Waals surface area contributed by atoms with Gasteiger partial charge in [0.2, 0.25) is 5.91 Å². The van der Waals surface area contributed by atoms with E-state index >= 15 is 0 Å². The van der Waals surface area contributed by atoms with Crippen LogP contribution in [0.1, 0.15) is 5.56 Å². The van der Waals surface area contributed by atoms with Crippen LogP contribution < -0.4 is 5.73 Å². The molecule has 5 heteroatoms. The van der Waals surface area contributed by atoms with E-state index in [1.807, 2.05) is 0 Å². The average Bonchev–Trinajstić information content (AvgIpc) is 2.22. The van der Waals surface area contributed by atoms with E-state index in [9.17, 15) is 9.90 Å². The number of phenolic OH excluding ortho intramolecular Hbond substituents is 2. The molecule has 1 aromatic carbocycles. The van der Waals surface area contributed by atoms with Crippen molar-refractivity contribution in [2.45, 2.75) is 12.5 Å². The van der Waals surface area contributed by atoms with Gasteiger partial charge >= 0.3 is 0 Å². The van der Waals surface area contributed by atoms with Crippen LogP contribution in [0.5, 0.6) is 11.5 Å². The highest BCUT2D eigenvalue weighted by molar-refractivity contribution is 5.81. The molecule has 1 atom stereocenters. The zero-order valence-electron chi connectivity index (χ0n) is 9.34. The Balaban J connectivity index is 2.73. The van der Waals surface area contributed by atoms with E-state index in [0.29, 0.717) is 12.0 Å². The van der Waals surface area contributed by atoms with Gasteiger partial charge < -0.3 is 20.8 Å². The van der Waals surface area contributed by atoms with E-state index in [2.05, 4.69) is 0 Å². The summed E-state index contributed by atoms with van der Waals surface area (Å²) in [7, 11) is 3.27. The lowest BCUT2D eigenvalue weighted by molar-refractivity contribution is -0.130. The van der Waals surface area contributed by atoms with Gasteiger partial charge in [0, 0.05) is 14.1 Å². The number of nitrogens with zero attached hydrogens (tertiary/aromatic N) is 1. The molecule has 1 aromatic rings. The number of nitrogens with two attached hydrogens (primary N) is 1. The summed E-state index contributed by atoms with van der Waals surface area (Å²) in [5, 5.41) is 18.4. The predicted molar refractivity (Wildman–Crippen MR) is 60.1 cm³/mol. The molecule has 0 bridgehead atoms. The normalized spacial score (nSPS) is 12.2. The van der Waals surface area contributed by atoms with Gasteiger partial charge in [0.05, 0.1) is 6.04 Å². The monoisotopic (exact) mass is 224 g/mol. The van der Waals surface area contributed by atoms with Crippen LogP contribution in [0.3, 0.4) is 0 Å². The van der Waals surface area contributed by atoms with Crippen LogP contribution in [0, 0.1) is 0 Å². The average molecular weight is 224 g/mol. The Morgan fingerprint density at radius 1 is 1.38 bits per heavy atom. The highest BCUT2D eigenvalue weighted by Gasteiger charge is 2.16. The second kappa shape index (κ2) is 4.85. The Bertz CT molecular complexity index is 391. The molecule has 0 heterocycles. The number of hydrogen-bond donors (Lipinski definition) is 3. The van der Waals surface area contributed by atoms with Gasteiger partial charge in [0.25, 0.3) is 0 Å². The SMILES string of the molecule is CN(C)C(=O)[C@@H](N)Cc1ccc(O)c(O)c1. The van der Waals surface area contributed by atoms with Gasteiger partial charge in [-0.1, -0.05) is 6.07 Å². The van der Waals surface area contributed by atoms with Crippen molar-refractivity contribution in [2.24, 2.45) is 5.73 Å². The second-order valence-corrected chi connectivity index (χ2v) is 3.87. The Morgan fingerprint density at radius 3 is 2.50 bits per heavy atom. The van der Waals surface area contributed by atoms with Gasteiger partial charge in [-0.15, -0.1) is 0 Å². The third-order valence-corrected chi connectivity index (χ3v) is 2.25. The first-order valence-electron chi connectivity index (χ1n) is 4.89. The minimum absolute atomic E-state index is 0.174. The van der Waals surface area contributed by atoms with Crippen molar-refractivity contribution in [3.8, 4) is 11.5 Å². The minimum atomic E-state index is -0.640. The molecule has 4 N–H and O–H groups in total. The van der Waals surface area contributed by atoms with Crippen LogP contribution in [0.25, 0.3) is 0 Å². The Labute approximate surface area is 94.1 Å². The summed E-state index contributed by atoms with van der Waals surface area (Å²) in [6.45, 7) is 0. The molecule has 0 aromatic heterocycles. The largest absolute Gasteiger partial charge is 0.504 e. The van der Waals surface area contributed by atoms with Crippen LogP contribution in [-0.4, -0.2) is 41.2 Å². The lowest BCUT2D eigenvalue weighted by Crippen LogP contribution is -2.41. The third kappa shape index (κ3) is 2.87. The summed E-state index contributed by atoms with van der Waals surface area (Å²) in [6, 6.07) is 3.76. The number of rotatable bonds is 3. The van der Waals surface area contributed by atoms with Crippen LogP contribution in [-0.2, 0) is 11.2 Å². The highest BCUT2D eigenvalue weighted by Crippen LogP contribution is 2.25. The van der Waals surface area contributed by atoms with Crippen LogP contribution >= 0.6 is 0 Å². The summed E-state index contributed by atoms with van der Waals surface area (Å²) in [5.41, 5.74) is 6.41. The first-order valence-corrected chi connectivity index (χ1v) is 4.89. The summed E-state index contributed by atoms with van der Waals surface area (Å²) >= 11 is 0. The molecule has 0 aliphatic heterocycles. The Kier molecular flexibility index (Phi) is 3.73. The van der Waals surface area contributed by atoms with Crippen molar-refractivity contribution in [3.05, 3.63) is 23.8 Å². The fourth-order valence-electron chi connectivity index (χ4n) is 1.37. The number of likely N-dealkylation sites (N-methyl/N-ethyl adjacent to an activating group) is 1. The molecule has 88 valence electrons. The molecular weight excluding hydrogens is 208 g/mol. The fraction of sp³-hybridized carbons (Fsp3) is 0.364. The van der Waals surface area contributed by atoms with Crippen molar-refractivity contribution in [3.63, 3.8) is 0 Å². The number of benzene rings is 1. The maximum atomic E-state index is 11.5. The molecule has 1 amide bonds. The van der Waals surface area contributed by atoms with Crippen molar-refractivity contribution in [2.75, 3.05) is 14.1 Å². The molecule has 16 heavy (non-hydrogen) atoms. The number of carbonyl (C=O) groups excluding carboxylic acids is 1. The molecule has 0 aliphatic carbocycles. The van der Waals surface area contributed by atoms with Gasteiger partial charge in [-0.05, 0) is 24.1 Å². The number of amides is 1. The van der Waals surface area contributed by atoms with Crippen LogP contribution in [0.2, 0.25) is 0 Å². The molecule has 0 radical (unpaired) electrons. The molecule has 0 unspecified atom stereocenters. The van der Waals surface area contributed by atoms with Gasteiger partial charge in [0.15, 0.2) is 11.5 Å². The van der Waals surface area contributed by atoms with Gasteiger partial charge in [-0.3, -0.25) is 4.79 Å². The van der Waals surface area contributed by atoms with Crippen LogP contribution in [0.4, 0.5) is 0 Å². The second-order valence-electron chi connectivity index (χ2n) is 3.87. The topological polar surface area (TPSA) is 86.8 Å². The van der Waals surface area contributed by atoms with E-state index in [1.165, 1.54) is 17.0 Å². The number of phenols is 2. The fourth-order valence-corrected chi connectivity index (χ4v) is 1.37. The zero-order valence-corrected chi connectivity index (χ0v) is 9.34. The maximum absolute atomic E-state index is 11.5. The third-order valence-electron chi connectivity index (χ3n) is 2.25. The molecule has 0 fully saturated rings. The molecule has 0 aliphatic rings. The summed E-state index contributed by atoms with van der Waals surface area (Å²) in [6.07, 6.45) is 0.324. The Morgan fingerprint density at radius 2 is 2.00 bits per heavy atom. The van der Waals surface area contributed by atoms with Crippen molar-refractivity contribution in [1.29, 1.82) is 0 Å². The number of carbonyl (C=O) groups is 1. The predicted octanol–water partition coefficient (Wildman–Crippen LogP) is 0.0558. The number of aromatic hydroxyl groups is 2. The first-order chi connectivity index (χ1) is 7.41. The molecule has 5 nitrogen and oxygen atoms in total.